The zero-order valence-electron chi connectivity index (χ0n) is 8.47. The fourth-order valence-electron chi connectivity index (χ4n) is 1.11. The second-order valence-corrected chi connectivity index (χ2v) is 3.78. The number of aromatic nitrogens is 4. The van der Waals surface area contributed by atoms with E-state index in [1.807, 2.05) is 0 Å². The van der Waals surface area contributed by atoms with Gasteiger partial charge in [0.05, 0.1) is 5.56 Å². The van der Waals surface area contributed by atoms with Crippen molar-refractivity contribution < 1.29 is 0 Å². The van der Waals surface area contributed by atoms with E-state index in [2.05, 4.69) is 42.7 Å². The summed E-state index contributed by atoms with van der Waals surface area (Å²) in [5.41, 5.74) is 0.824. The standard InChI is InChI=1S/C11H9BrN4/c12-4-2-1-3-10-7-14-11(15-8-10)16-6-5-13-9-16/h5-9H,2,4H2. The molecule has 0 unspecified atom stereocenters. The molecule has 0 aliphatic rings. The summed E-state index contributed by atoms with van der Waals surface area (Å²) < 4.78 is 1.75. The van der Waals surface area contributed by atoms with Gasteiger partial charge in [0.25, 0.3) is 0 Å². The van der Waals surface area contributed by atoms with E-state index in [-0.39, 0.29) is 0 Å². The lowest BCUT2D eigenvalue weighted by atomic mass is 10.3. The van der Waals surface area contributed by atoms with Gasteiger partial charge in [0.15, 0.2) is 0 Å². The van der Waals surface area contributed by atoms with Crippen molar-refractivity contribution >= 4 is 15.9 Å². The molecule has 0 bridgehead atoms. The summed E-state index contributed by atoms with van der Waals surface area (Å²) in [7, 11) is 0. The Kier molecular flexibility index (Phi) is 3.67. The van der Waals surface area contributed by atoms with Crippen molar-refractivity contribution in [2.45, 2.75) is 6.42 Å². The van der Waals surface area contributed by atoms with Gasteiger partial charge in [-0.2, -0.15) is 0 Å². The van der Waals surface area contributed by atoms with Crippen LogP contribution in [0.15, 0.2) is 31.1 Å². The fourth-order valence-corrected chi connectivity index (χ4v) is 1.31. The lowest BCUT2D eigenvalue weighted by Crippen LogP contribution is -1.97. The van der Waals surface area contributed by atoms with Gasteiger partial charge in [-0.25, -0.2) is 15.0 Å². The minimum atomic E-state index is 0.601. The smallest absolute Gasteiger partial charge is 0.234 e. The molecule has 4 nitrogen and oxygen atoms in total. The monoisotopic (exact) mass is 276 g/mol. The molecule has 2 heterocycles. The van der Waals surface area contributed by atoms with Crippen LogP contribution < -0.4 is 0 Å². The summed E-state index contributed by atoms with van der Waals surface area (Å²) in [6, 6.07) is 0. The van der Waals surface area contributed by atoms with Crippen LogP contribution in [-0.2, 0) is 0 Å². The van der Waals surface area contributed by atoms with E-state index >= 15 is 0 Å². The predicted octanol–water partition coefficient (Wildman–Crippen LogP) is 1.80. The van der Waals surface area contributed by atoms with Crippen molar-refractivity contribution in [3.63, 3.8) is 0 Å². The summed E-state index contributed by atoms with van der Waals surface area (Å²) in [5, 5.41) is 0.883. The van der Waals surface area contributed by atoms with Gasteiger partial charge in [-0.15, -0.1) is 0 Å². The SMILES string of the molecule is BrCCC#Cc1cnc(-n2ccnc2)nc1. The molecule has 0 radical (unpaired) electrons. The maximum Gasteiger partial charge on any atom is 0.234 e. The summed E-state index contributed by atoms with van der Waals surface area (Å²) in [6.45, 7) is 0. The van der Waals surface area contributed by atoms with Gasteiger partial charge < -0.3 is 0 Å². The number of alkyl halides is 1. The quantitative estimate of drug-likeness (QED) is 0.621. The number of hydrogen-bond acceptors (Lipinski definition) is 3. The van der Waals surface area contributed by atoms with Crippen molar-refractivity contribution in [3.8, 4) is 17.8 Å². The van der Waals surface area contributed by atoms with Crippen molar-refractivity contribution in [1.29, 1.82) is 0 Å². The fraction of sp³-hybridized carbons (Fsp3) is 0.182. The molecule has 80 valence electrons. The number of nitrogens with zero attached hydrogens (tertiary/aromatic N) is 4. The second kappa shape index (κ2) is 5.42. The van der Waals surface area contributed by atoms with Crippen molar-refractivity contribution in [2.75, 3.05) is 5.33 Å². The third kappa shape index (κ3) is 2.67. The average molecular weight is 277 g/mol. The minimum Gasteiger partial charge on any atom is -0.274 e. The molecule has 0 saturated heterocycles. The van der Waals surface area contributed by atoms with E-state index in [0.29, 0.717) is 5.95 Å². The molecule has 0 atom stereocenters. The van der Waals surface area contributed by atoms with Crippen LogP contribution in [0.5, 0.6) is 0 Å². The Labute approximate surface area is 102 Å². The van der Waals surface area contributed by atoms with E-state index in [1.54, 1.807) is 35.7 Å². The topological polar surface area (TPSA) is 43.6 Å². The van der Waals surface area contributed by atoms with Crippen LogP contribution >= 0.6 is 15.9 Å². The molecular formula is C11H9BrN4. The molecule has 2 aromatic heterocycles. The van der Waals surface area contributed by atoms with Crippen LogP contribution in [0.25, 0.3) is 5.95 Å². The van der Waals surface area contributed by atoms with Crippen LogP contribution in [0, 0.1) is 11.8 Å². The van der Waals surface area contributed by atoms with Gasteiger partial charge in [-0.3, -0.25) is 4.57 Å². The minimum absolute atomic E-state index is 0.601. The molecule has 16 heavy (non-hydrogen) atoms. The summed E-state index contributed by atoms with van der Waals surface area (Å²) >= 11 is 3.32. The lowest BCUT2D eigenvalue weighted by Gasteiger charge is -1.98. The Morgan fingerprint density at radius 2 is 2.12 bits per heavy atom. The van der Waals surface area contributed by atoms with Crippen molar-refractivity contribution in [2.24, 2.45) is 0 Å². The van der Waals surface area contributed by atoms with Crippen LogP contribution in [0.1, 0.15) is 12.0 Å². The highest BCUT2D eigenvalue weighted by molar-refractivity contribution is 9.09. The lowest BCUT2D eigenvalue weighted by molar-refractivity contribution is 0.923. The first-order valence-electron chi connectivity index (χ1n) is 4.75. The van der Waals surface area contributed by atoms with E-state index in [9.17, 15) is 0 Å². The van der Waals surface area contributed by atoms with Crippen LogP contribution in [0.3, 0.4) is 0 Å². The van der Waals surface area contributed by atoms with Gasteiger partial charge in [-0.05, 0) is 0 Å². The molecule has 0 fully saturated rings. The molecular weight excluding hydrogens is 268 g/mol. The Bertz CT molecular complexity index is 493. The summed E-state index contributed by atoms with van der Waals surface area (Å²) in [5.74, 6) is 6.60. The Morgan fingerprint density at radius 3 is 2.75 bits per heavy atom. The number of rotatable bonds is 2. The van der Waals surface area contributed by atoms with Crippen LogP contribution in [-0.4, -0.2) is 24.8 Å². The third-order valence-electron chi connectivity index (χ3n) is 1.83. The van der Waals surface area contributed by atoms with E-state index in [1.165, 1.54) is 0 Å². The molecule has 0 N–H and O–H groups in total. The largest absolute Gasteiger partial charge is 0.274 e. The zero-order valence-corrected chi connectivity index (χ0v) is 10.1. The molecule has 0 aromatic carbocycles. The zero-order chi connectivity index (χ0) is 11.2. The van der Waals surface area contributed by atoms with Gasteiger partial charge in [0.2, 0.25) is 5.95 Å². The predicted molar refractivity (Wildman–Crippen MR) is 64.4 cm³/mol. The highest BCUT2D eigenvalue weighted by atomic mass is 79.9. The molecule has 0 aliphatic carbocycles. The number of imidazole rings is 1. The van der Waals surface area contributed by atoms with E-state index in [0.717, 1.165) is 17.3 Å². The normalized spacial score (nSPS) is 9.56. The highest BCUT2D eigenvalue weighted by Gasteiger charge is 1.97. The van der Waals surface area contributed by atoms with E-state index < -0.39 is 0 Å². The first kappa shape index (κ1) is 10.8. The maximum absolute atomic E-state index is 4.20. The van der Waals surface area contributed by atoms with Gasteiger partial charge in [-0.1, -0.05) is 27.8 Å². The summed E-state index contributed by atoms with van der Waals surface area (Å²) in [6.07, 6.45) is 9.39. The molecule has 2 aromatic rings. The van der Waals surface area contributed by atoms with Crippen molar-refractivity contribution in [1.82, 2.24) is 19.5 Å². The Hall–Kier alpha value is -1.67. The third-order valence-corrected chi connectivity index (χ3v) is 2.22. The first-order chi connectivity index (χ1) is 7.90. The maximum atomic E-state index is 4.20. The van der Waals surface area contributed by atoms with Crippen molar-refractivity contribution in [3.05, 3.63) is 36.7 Å². The van der Waals surface area contributed by atoms with E-state index in [4.69, 9.17) is 0 Å². The number of hydrogen-bond donors (Lipinski definition) is 0. The molecule has 0 aliphatic heterocycles. The highest BCUT2D eigenvalue weighted by Crippen LogP contribution is 2.00. The van der Waals surface area contributed by atoms with Crippen LogP contribution in [0.2, 0.25) is 0 Å². The van der Waals surface area contributed by atoms with Gasteiger partial charge >= 0.3 is 0 Å². The number of halogens is 1. The van der Waals surface area contributed by atoms with Gasteiger partial charge in [0.1, 0.15) is 6.33 Å². The Morgan fingerprint density at radius 1 is 1.31 bits per heavy atom. The average Bonchev–Trinajstić information content (AvgIpc) is 2.84. The molecule has 5 heteroatoms. The molecule has 0 amide bonds. The molecule has 0 saturated carbocycles. The second-order valence-electron chi connectivity index (χ2n) is 2.98. The molecule has 2 rings (SSSR count). The Balaban J connectivity index is 2.15. The summed E-state index contributed by atoms with van der Waals surface area (Å²) in [4.78, 5) is 12.3. The first-order valence-corrected chi connectivity index (χ1v) is 5.87. The molecule has 0 spiro atoms. The van der Waals surface area contributed by atoms with Gasteiger partial charge in [0, 0.05) is 36.5 Å². The van der Waals surface area contributed by atoms with Crippen LogP contribution in [0.4, 0.5) is 0 Å².